The number of methoxy groups -OCH3 is 1. The van der Waals surface area contributed by atoms with Crippen LogP contribution in [0.1, 0.15) is 70.2 Å². The van der Waals surface area contributed by atoms with Crippen molar-refractivity contribution in [3.8, 4) is 17.2 Å². The minimum Gasteiger partial charge on any atom is -0.507 e. The number of halogens is 2. The van der Waals surface area contributed by atoms with E-state index in [1.807, 2.05) is 22.6 Å². The van der Waals surface area contributed by atoms with Crippen LogP contribution in [0.3, 0.4) is 0 Å². The van der Waals surface area contributed by atoms with Crippen LogP contribution in [0, 0.1) is 9.39 Å². The molecule has 0 aliphatic heterocycles. The molecule has 0 fully saturated rings. The van der Waals surface area contributed by atoms with Crippen molar-refractivity contribution in [2.45, 2.75) is 24.9 Å². The number of ketones is 4. The number of phenols is 3. The third-order valence-electron chi connectivity index (χ3n) is 8.75. The van der Waals surface area contributed by atoms with Crippen molar-refractivity contribution in [1.82, 2.24) is 4.98 Å². The number of Topliss-reactive ketones (excluding diaryl/α,β-unsaturated/α-hetero) is 3. The van der Waals surface area contributed by atoms with Crippen LogP contribution in [0.25, 0.3) is 10.8 Å². The summed E-state index contributed by atoms with van der Waals surface area (Å²) in [4.78, 5) is 75.4. The molecule has 0 radical (unpaired) electrons. The predicted molar refractivity (Wildman–Crippen MR) is 170 cm³/mol. The Labute approximate surface area is 276 Å². The van der Waals surface area contributed by atoms with Crippen LogP contribution >= 0.6 is 22.6 Å². The fraction of sp³-hybridized carbons (Fsp3) is 0.152. The van der Waals surface area contributed by atoms with Gasteiger partial charge in [0.25, 0.3) is 5.56 Å². The average Bonchev–Trinajstić information content (AvgIpc) is 3.55. The van der Waals surface area contributed by atoms with Gasteiger partial charge in [-0.1, -0.05) is 17.3 Å². The highest BCUT2D eigenvalue weighted by molar-refractivity contribution is 14.1. The molecule has 0 saturated carbocycles. The highest BCUT2D eigenvalue weighted by Gasteiger charge is 2.62. The monoisotopic (exact) mass is 750 g/mol. The first kappa shape index (κ1) is 30.3. The molecule has 4 N–H and O–H groups in total. The van der Waals surface area contributed by atoms with Gasteiger partial charge in [-0.05, 0) is 64.8 Å². The highest BCUT2D eigenvalue weighted by atomic mass is 127. The molecule has 0 bridgehead atoms. The van der Waals surface area contributed by atoms with Gasteiger partial charge < -0.3 is 29.9 Å². The number of rotatable bonds is 5. The number of nitrogens with zero attached hydrogens (tertiary/aromatic N) is 1. The lowest BCUT2D eigenvalue weighted by Gasteiger charge is -2.23. The van der Waals surface area contributed by atoms with Gasteiger partial charge in [0.2, 0.25) is 5.78 Å². The Kier molecular flexibility index (Phi) is 6.82. The molecule has 47 heavy (non-hydrogen) atoms. The Morgan fingerprint density at radius 2 is 1.70 bits per heavy atom. The van der Waals surface area contributed by atoms with Gasteiger partial charge in [-0.15, -0.1) is 0 Å². The van der Waals surface area contributed by atoms with E-state index in [0.29, 0.717) is 20.1 Å². The second-order valence-electron chi connectivity index (χ2n) is 11.2. The number of H-pyrrole nitrogens is 1. The van der Waals surface area contributed by atoms with E-state index >= 15 is 0 Å². The van der Waals surface area contributed by atoms with E-state index in [9.17, 15) is 43.7 Å². The molecule has 1 aromatic heterocycles. The number of pyridine rings is 1. The SMILES string of the molecule is COC1=CC(=O)c2c(O)c3c(c(O)c2C1=O)C(=O)[C@]1(CCc2c1c(O)c1c(=O)[nH]c(C=NOCc4cccc(F)c4)cc1c2I)C3=O. The summed E-state index contributed by atoms with van der Waals surface area (Å²) < 4.78 is 18.8. The fourth-order valence-electron chi connectivity index (χ4n) is 6.70. The molecule has 4 aromatic rings. The maximum absolute atomic E-state index is 14.2. The lowest BCUT2D eigenvalue weighted by molar-refractivity contribution is 0.0790. The van der Waals surface area contributed by atoms with Crippen LogP contribution in [0.15, 0.2) is 52.1 Å². The number of carbonyl (C=O) groups excluding carboxylic acids is 4. The van der Waals surface area contributed by atoms with E-state index in [-0.39, 0.29) is 36.1 Å². The van der Waals surface area contributed by atoms with Crippen LogP contribution < -0.4 is 5.56 Å². The van der Waals surface area contributed by atoms with Gasteiger partial charge in [-0.25, -0.2) is 4.39 Å². The molecule has 0 unspecified atom stereocenters. The summed E-state index contributed by atoms with van der Waals surface area (Å²) in [6.07, 6.45) is 1.92. The van der Waals surface area contributed by atoms with Crippen molar-refractivity contribution in [2.75, 3.05) is 7.11 Å². The number of hydrogen-bond donors (Lipinski definition) is 4. The van der Waals surface area contributed by atoms with Gasteiger partial charge in [0, 0.05) is 20.6 Å². The van der Waals surface area contributed by atoms with Crippen LogP contribution in [-0.2, 0) is 28.0 Å². The first-order valence-electron chi connectivity index (χ1n) is 14.0. The van der Waals surface area contributed by atoms with Crippen molar-refractivity contribution < 1.29 is 48.5 Å². The van der Waals surface area contributed by atoms with E-state index in [4.69, 9.17) is 9.57 Å². The van der Waals surface area contributed by atoms with Gasteiger partial charge in [0.1, 0.15) is 35.1 Å². The van der Waals surface area contributed by atoms with Crippen LogP contribution in [0.4, 0.5) is 4.39 Å². The number of aromatic amines is 1. The number of oxime groups is 1. The van der Waals surface area contributed by atoms with Gasteiger partial charge >= 0.3 is 0 Å². The first-order valence-corrected chi connectivity index (χ1v) is 15.1. The van der Waals surface area contributed by atoms with Crippen molar-refractivity contribution in [1.29, 1.82) is 0 Å². The quantitative estimate of drug-likeness (QED) is 0.0759. The topological polar surface area (TPSA) is 193 Å². The Hall–Kier alpha value is -5.38. The molecule has 7 rings (SSSR count). The number of aromatic nitrogens is 1. The number of carbonyl (C=O) groups is 4. The number of allylic oxidation sites excluding steroid dienone is 2. The fourth-order valence-corrected chi connectivity index (χ4v) is 7.67. The number of hydrogen-bond acceptors (Lipinski definition) is 11. The summed E-state index contributed by atoms with van der Waals surface area (Å²) in [5, 5.41) is 37.8. The third kappa shape index (κ3) is 4.10. The van der Waals surface area contributed by atoms with Gasteiger partial charge in [-0.2, -0.15) is 0 Å². The number of aromatic hydroxyl groups is 3. The standard InChI is InChI=1S/C33H20FIN2O10/c1-46-18-9-17(38)20-21(26(18)39)28(41)23-22(27(20)40)30(43)33(31(23)44)6-5-15-24(33)29(42)19-16(25(15)35)8-14(37-32(19)45)10-36-47-11-12-3-2-4-13(34)7-12/h2-4,7-10,40-42H,5-6,11H2,1H3,(H,37,45)/t33-/m0/s1. The summed E-state index contributed by atoms with van der Waals surface area (Å²) >= 11 is 1.94. The zero-order valence-corrected chi connectivity index (χ0v) is 26.2. The molecule has 14 heteroatoms. The van der Waals surface area contributed by atoms with Gasteiger partial charge in [0.05, 0.1) is 46.7 Å². The smallest absolute Gasteiger partial charge is 0.260 e. The summed E-state index contributed by atoms with van der Waals surface area (Å²) in [6.45, 7) is -0.0368. The van der Waals surface area contributed by atoms with Gasteiger partial charge in [0.15, 0.2) is 23.1 Å². The minimum absolute atomic E-state index is 0.0368. The molecular weight excluding hydrogens is 730 g/mol. The average molecular weight is 750 g/mol. The summed E-state index contributed by atoms with van der Waals surface area (Å²) in [5.41, 5.74) is -4.60. The number of phenolic OH excluding ortho intramolecular Hbond substituents is 3. The number of fused-ring (bicyclic) bond motifs is 5. The first-order chi connectivity index (χ1) is 22.4. The zero-order chi connectivity index (χ0) is 33.5. The maximum Gasteiger partial charge on any atom is 0.260 e. The van der Waals surface area contributed by atoms with Crippen molar-refractivity contribution >= 4 is 62.7 Å². The lowest BCUT2D eigenvalue weighted by Crippen LogP contribution is -2.36. The van der Waals surface area contributed by atoms with Gasteiger partial charge in [-0.3, -0.25) is 24.0 Å². The second kappa shape index (κ2) is 10.6. The van der Waals surface area contributed by atoms with E-state index in [1.165, 1.54) is 30.5 Å². The molecule has 1 heterocycles. The molecule has 1 atom stereocenters. The minimum atomic E-state index is -2.16. The summed E-state index contributed by atoms with van der Waals surface area (Å²) in [5.74, 6) is -7.31. The summed E-state index contributed by atoms with van der Waals surface area (Å²) in [6, 6.07) is 7.28. The highest BCUT2D eigenvalue weighted by Crippen LogP contribution is 2.58. The Morgan fingerprint density at radius 3 is 2.38 bits per heavy atom. The Bertz CT molecular complexity index is 2310. The lowest BCUT2D eigenvalue weighted by atomic mass is 9.76. The molecule has 0 amide bonds. The normalized spacial score (nSPS) is 18.2. The molecule has 3 aliphatic rings. The van der Waals surface area contributed by atoms with Crippen molar-refractivity contribution in [2.24, 2.45) is 5.16 Å². The van der Waals surface area contributed by atoms with Crippen LogP contribution in [0.5, 0.6) is 17.2 Å². The van der Waals surface area contributed by atoms with Crippen molar-refractivity contribution in [3.63, 3.8) is 0 Å². The second-order valence-corrected chi connectivity index (χ2v) is 12.2. The van der Waals surface area contributed by atoms with E-state index < -0.39 is 85.2 Å². The van der Waals surface area contributed by atoms with Crippen LogP contribution in [-0.4, -0.2) is 56.8 Å². The van der Waals surface area contributed by atoms with E-state index in [0.717, 1.165) is 13.2 Å². The predicted octanol–water partition coefficient (Wildman–Crippen LogP) is 4.11. The van der Waals surface area contributed by atoms with Crippen molar-refractivity contribution in [3.05, 3.63) is 107 Å². The zero-order valence-electron chi connectivity index (χ0n) is 24.1. The molecular formula is C33H20FIN2O10. The molecule has 236 valence electrons. The molecule has 1 spiro atoms. The molecule has 3 aromatic carbocycles. The summed E-state index contributed by atoms with van der Waals surface area (Å²) in [7, 11) is 1.13. The third-order valence-corrected chi connectivity index (χ3v) is 9.98. The molecule has 0 saturated heterocycles. The number of ether oxygens (including phenoxy) is 1. The molecule has 12 nitrogen and oxygen atoms in total. The largest absolute Gasteiger partial charge is 0.507 e. The Balaban J connectivity index is 1.33. The van der Waals surface area contributed by atoms with E-state index in [1.54, 1.807) is 6.07 Å². The number of nitrogens with one attached hydrogen (secondary N) is 1. The number of benzene rings is 3. The van der Waals surface area contributed by atoms with Crippen LogP contribution in [0.2, 0.25) is 0 Å². The maximum atomic E-state index is 14.2. The molecule has 3 aliphatic carbocycles. The Morgan fingerprint density at radius 1 is 1.00 bits per heavy atom. The van der Waals surface area contributed by atoms with E-state index in [2.05, 4.69) is 10.1 Å².